The molecule has 0 radical (unpaired) electrons. The van der Waals surface area contributed by atoms with Crippen LogP contribution in [0, 0.1) is 17.2 Å². The van der Waals surface area contributed by atoms with E-state index in [0.29, 0.717) is 18.5 Å². The number of likely N-dealkylation sites (tertiary alicyclic amines) is 1. The zero-order chi connectivity index (χ0) is 14.8. The van der Waals surface area contributed by atoms with Crippen molar-refractivity contribution in [1.82, 2.24) is 14.5 Å². The van der Waals surface area contributed by atoms with Crippen LogP contribution in [0.5, 0.6) is 0 Å². The standard InChI is InChI=1S/C17H22N4/c1-13(2)16(20-10-5-6-11-20)17-19-14-7-3-4-8-15(14)21(17)12-9-18/h3-4,7-8,13,16H,5-6,10-12H2,1-2H3. The summed E-state index contributed by atoms with van der Waals surface area (Å²) in [4.78, 5) is 7.40. The number of nitrogens with zero attached hydrogens (tertiary/aromatic N) is 4. The number of hydrogen-bond acceptors (Lipinski definition) is 3. The molecule has 0 bridgehead atoms. The molecule has 110 valence electrons. The summed E-state index contributed by atoms with van der Waals surface area (Å²) in [6, 6.07) is 10.7. The van der Waals surface area contributed by atoms with Gasteiger partial charge >= 0.3 is 0 Å². The van der Waals surface area contributed by atoms with Gasteiger partial charge in [0.1, 0.15) is 12.4 Å². The predicted molar refractivity (Wildman–Crippen MR) is 83.7 cm³/mol. The molecule has 2 heterocycles. The van der Waals surface area contributed by atoms with E-state index in [-0.39, 0.29) is 0 Å². The molecule has 1 aromatic heterocycles. The van der Waals surface area contributed by atoms with Crippen molar-refractivity contribution in [2.75, 3.05) is 13.1 Å². The number of fused-ring (bicyclic) bond motifs is 1. The molecule has 1 saturated heterocycles. The Balaban J connectivity index is 2.12. The zero-order valence-electron chi connectivity index (χ0n) is 12.8. The second-order valence-corrected chi connectivity index (χ2v) is 6.13. The average Bonchev–Trinajstić information content (AvgIpc) is 3.09. The summed E-state index contributed by atoms with van der Waals surface area (Å²) in [5.41, 5.74) is 2.06. The molecule has 3 rings (SSSR count). The summed E-state index contributed by atoms with van der Waals surface area (Å²) < 4.78 is 2.10. The number of nitriles is 1. The SMILES string of the molecule is CC(C)C(c1nc2ccccc2n1CC#N)N1CCCC1. The van der Waals surface area contributed by atoms with Gasteiger partial charge in [-0.15, -0.1) is 0 Å². The Morgan fingerprint density at radius 3 is 2.62 bits per heavy atom. The van der Waals surface area contributed by atoms with Crippen LogP contribution in [0.3, 0.4) is 0 Å². The molecular weight excluding hydrogens is 260 g/mol. The van der Waals surface area contributed by atoms with Crippen molar-refractivity contribution in [3.63, 3.8) is 0 Å². The molecule has 2 aromatic rings. The fraction of sp³-hybridized carbons (Fsp3) is 0.529. The molecule has 1 fully saturated rings. The van der Waals surface area contributed by atoms with Crippen LogP contribution in [0.25, 0.3) is 11.0 Å². The maximum atomic E-state index is 9.20. The summed E-state index contributed by atoms with van der Waals surface area (Å²) >= 11 is 0. The number of imidazole rings is 1. The van der Waals surface area contributed by atoms with E-state index in [9.17, 15) is 5.26 Å². The molecule has 1 atom stereocenters. The molecule has 0 N–H and O–H groups in total. The minimum absolute atomic E-state index is 0.299. The lowest BCUT2D eigenvalue weighted by atomic mass is 10.0. The van der Waals surface area contributed by atoms with Crippen LogP contribution in [0.15, 0.2) is 24.3 Å². The first kappa shape index (κ1) is 14.1. The summed E-state index contributed by atoms with van der Waals surface area (Å²) in [5.74, 6) is 1.53. The summed E-state index contributed by atoms with van der Waals surface area (Å²) in [7, 11) is 0. The van der Waals surface area contributed by atoms with Gasteiger partial charge in [0, 0.05) is 0 Å². The lowest BCUT2D eigenvalue weighted by Crippen LogP contribution is -2.31. The number of para-hydroxylation sites is 2. The summed E-state index contributed by atoms with van der Waals surface area (Å²) in [6.07, 6.45) is 2.53. The van der Waals surface area contributed by atoms with Gasteiger partial charge in [-0.05, 0) is 44.0 Å². The largest absolute Gasteiger partial charge is 0.313 e. The van der Waals surface area contributed by atoms with Crippen LogP contribution in [-0.4, -0.2) is 27.5 Å². The van der Waals surface area contributed by atoms with Gasteiger partial charge in [-0.25, -0.2) is 4.98 Å². The van der Waals surface area contributed by atoms with Crippen LogP contribution >= 0.6 is 0 Å². The zero-order valence-corrected chi connectivity index (χ0v) is 12.8. The molecule has 1 aromatic carbocycles. The fourth-order valence-electron chi connectivity index (χ4n) is 3.46. The third kappa shape index (κ3) is 2.54. The first-order valence-corrected chi connectivity index (χ1v) is 7.78. The van der Waals surface area contributed by atoms with Crippen molar-refractivity contribution in [3.05, 3.63) is 30.1 Å². The first-order valence-electron chi connectivity index (χ1n) is 7.78. The van der Waals surface area contributed by atoms with Crippen LogP contribution in [0.1, 0.15) is 38.6 Å². The van der Waals surface area contributed by atoms with E-state index < -0.39 is 0 Å². The Morgan fingerprint density at radius 2 is 1.95 bits per heavy atom. The molecular formula is C17H22N4. The Hall–Kier alpha value is -1.86. The normalized spacial score (nSPS) is 17.4. The van der Waals surface area contributed by atoms with Gasteiger partial charge in [0.25, 0.3) is 0 Å². The third-order valence-electron chi connectivity index (χ3n) is 4.34. The molecule has 1 unspecified atom stereocenters. The number of hydrogen-bond donors (Lipinski definition) is 0. The van der Waals surface area contributed by atoms with Crippen molar-refractivity contribution in [1.29, 1.82) is 5.26 Å². The van der Waals surface area contributed by atoms with Crippen molar-refractivity contribution in [2.45, 2.75) is 39.3 Å². The molecule has 1 aliphatic heterocycles. The molecule has 1 aliphatic rings. The average molecular weight is 282 g/mol. The van der Waals surface area contributed by atoms with E-state index in [0.717, 1.165) is 29.9 Å². The van der Waals surface area contributed by atoms with Gasteiger partial charge < -0.3 is 4.57 Å². The molecule has 21 heavy (non-hydrogen) atoms. The van der Waals surface area contributed by atoms with Crippen molar-refractivity contribution in [3.8, 4) is 6.07 Å². The predicted octanol–water partition coefficient (Wildman–Crippen LogP) is 3.35. The van der Waals surface area contributed by atoms with E-state index in [1.807, 2.05) is 18.2 Å². The highest BCUT2D eigenvalue weighted by Gasteiger charge is 2.30. The highest BCUT2D eigenvalue weighted by molar-refractivity contribution is 5.76. The Labute approximate surface area is 126 Å². The van der Waals surface area contributed by atoms with E-state index in [4.69, 9.17) is 4.98 Å². The molecule has 0 amide bonds. The third-order valence-corrected chi connectivity index (χ3v) is 4.34. The molecule has 0 spiro atoms. The van der Waals surface area contributed by atoms with Gasteiger partial charge in [0.05, 0.1) is 23.1 Å². The summed E-state index contributed by atoms with van der Waals surface area (Å²) in [6.45, 7) is 7.14. The second-order valence-electron chi connectivity index (χ2n) is 6.13. The lowest BCUT2D eigenvalue weighted by molar-refractivity contribution is 0.181. The lowest BCUT2D eigenvalue weighted by Gasteiger charge is -2.30. The van der Waals surface area contributed by atoms with Crippen molar-refractivity contribution < 1.29 is 0 Å². The van der Waals surface area contributed by atoms with Crippen LogP contribution < -0.4 is 0 Å². The van der Waals surface area contributed by atoms with E-state index in [1.165, 1.54) is 12.8 Å². The Kier molecular flexibility index (Phi) is 3.94. The monoisotopic (exact) mass is 282 g/mol. The smallest absolute Gasteiger partial charge is 0.128 e. The molecule has 0 aliphatic carbocycles. The quantitative estimate of drug-likeness (QED) is 0.863. The second kappa shape index (κ2) is 5.87. The number of aromatic nitrogens is 2. The van der Waals surface area contributed by atoms with Crippen molar-refractivity contribution >= 4 is 11.0 Å². The maximum absolute atomic E-state index is 9.20. The highest BCUT2D eigenvalue weighted by Crippen LogP contribution is 2.32. The van der Waals surface area contributed by atoms with Gasteiger partial charge in [-0.2, -0.15) is 5.26 Å². The van der Waals surface area contributed by atoms with Gasteiger partial charge in [-0.3, -0.25) is 4.90 Å². The molecule has 0 saturated carbocycles. The van der Waals surface area contributed by atoms with E-state index >= 15 is 0 Å². The van der Waals surface area contributed by atoms with Gasteiger partial charge in [0.15, 0.2) is 0 Å². The van der Waals surface area contributed by atoms with E-state index in [1.54, 1.807) is 0 Å². The number of rotatable bonds is 4. The topological polar surface area (TPSA) is 44.9 Å². The van der Waals surface area contributed by atoms with E-state index in [2.05, 4.69) is 35.5 Å². The van der Waals surface area contributed by atoms with Gasteiger partial charge in [-0.1, -0.05) is 26.0 Å². The maximum Gasteiger partial charge on any atom is 0.128 e. The Bertz CT molecular complexity index is 659. The number of benzene rings is 1. The van der Waals surface area contributed by atoms with Crippen LogP contribution in [0.2, 0.25) is 0 Å². The summed E-state index contributed by atoms with van der Waals surface area (Å²) in [5, 5.41) is 9.20. The molecule has 4 nitrogen and oxygen atoms in total. The first-order chi connectivity index (χ1) is 10.2. The fourth-order valence-corrected chi connectivity index (χ4v) is 3.46. The minimum Gasteiger partial charge on any atom is -0.313 e. The minimum atomic E-state index is 0.299. The van der Waals surface area contributed by atoms with Crippen LogP contribution in [-0.2, 0) is 6.54 Å². The highest BCUT2D eigenvalue weighted by atomic mass is 15.2. The van der Waals surface area contributed by atoms with Gasteiger partial charge in [0.2, 0.25) is 0 Å². The van der Waals surface area contributed by atoms with Crippen LogP contribution in [0.4, 0.5) is 0 Å². The Morgan fingerprint density at radius 1 is 1.24 bits per heavy atom. The van der Waals surface area contributed by atoms with Crippen molar-refractivity contribution in [2.24, 2.45) is 5.92 Å². The molecule has 4 heteroatoms.